The SMILES string of the molecule is CC1=C(C)[C]([Ti+3])([Si](c2c(N(C)C)cc(C)c(N(C)C)c2C)(c2c(N(C)C)cc(C)c(N(C)C)c2C)c2c(N(C)C)cc(C)c(N(C)C)c2C)C(C)=C1C.[Cl-].[Cl-].[Cl-]. The Morgan fingerprint density at radius 2 is 0.607 bits per heavy atom. The number of hydrogen-bond acceptors (Lipinski definition) is 6. The van der Waals surface area contributed by atoms with Crippen molar-refractivity contribution in [2.75, 3.05) is 114 Å². The summed E-state index contributed by atoms with van der Waals surface area (Å²) in [5, 5.41) is 4.50. The molecule has 1 aliphatic rings. The van der Waals surface area contributed by atoms with Gasteiger partial charge in [0.05, 0.1) is 0 Å². The van der Waals surface area contributed by atoms with E-state index in [2.05, 4.69) is 222 Å². The van der Waals surface area contributed by atoms with Gasteiger partial charge in [0.1, 0.15) is 0 Å². The van der Waals surface area contributed by atoms with Crippen LogP contribution < -0.4 is 82.2 Å². The number of nitrogens with zero attached hydrogens (tertiary/aromatic N) is 6. The number of halogens is 3. The molecule has 3 aromatic carbocycles. The summed E-state index contributed by atoms with van der Waals surface area (Å²) in [6.07, 6.45) is 0. The maximum Gasteiger partial charge on any atom is -1.00 e. The van der Waals surface area contributed by atoms with Crippen molar-refractivity contribution in [2.45, 2.75) is 72.6 Å². The summed E-state index contributed by atoms with van der Waals surface area (Å²) in [6, 6.07) is 7.48. The van der Waals surface area contributed by atoms with Crippen LogP contribution in [0.15, 0.2) is 40.5 Å². The normalized spacial score (nSPS) is 13.6. The number of benzene rings is 3. The van der Waals surface area contributed by atoms with E-state index in [1.54, 1.807) is 0 Å². The van der Waals surface area contributed by atoms with Crippen LogP contribution in [0.25, 0.3) is 0 Å². The molecule has 0 bridgehead atoms. The van der Waals surface area contributed by atoms with Gasteiger partial charge in [-0.2, -0.15) is 0 Å². The van der Waals surface area contributed by atoms with E-state index >= 15 is 0 Å². The summed E-state index contributed by atoms with van der Waals surface area (Å²) >= 11 is 2.64. The molecule has 308 valence electrons. The summed E-state index contributed by atoms with van der Waals surface area (Å²) in [7, 11) is 23.5. The molecule has 0 saturated heterocycles. The van der Waals surface area contributed by atoms with Gasteiger partial charge in [0.2, 0.25) is 0 Å². The quantitative estimate of drug-likeness (QED) is 0.179. The van der Waals surface area contributed by atoms with Gasteiger partial charge in [0, 0.05) is 0 Å². The molecule has 11 heteroatoms. The van der Waals surface area contributed by atoms with Crippen LogP contribution in [0.2, 0.25) is 3.34 Å². The molecule has 0 N–H and O–H groups in total. The van der Waals surface area contributed by atoms with Crippen molar-refractivity contribution < 1.29 is 57.7 Å². The molecule has 0 heterocycles. The predicted molar refractivity (Wildman–Crippen MR) is 238 cm³/mol. The first-order valence-electron chi connectivity index (χ1n) is 18.9. The molecule has 0 atom stereocenters. The van der Waals surface area contributed by atoms with Crippen molar-refractivity contribution in [1.29, 1.82) is 0 Å². The Labute approximate surface area is 373 Å². The zero-order valence-electron chi connectivity index (χ0n) is 38.5. The molecule has 0 amide bonds. The van der Waals surface area contributed by atoms with Crippen LogP contribution in [0.3, 0.4) is 0 Å². The van der Waals surface area contributed by atoms with E-state index in [-0.39, 0.29) is 40.6 Å². The van der Waals surface area contributed by atoms with Crippen molar-refractivity contribution in [3.63, 3.8) is 0 Å². The molecule has 4 rings (SSSR count). The van der Waals surface area contributed by atoms with Crippen LogP contribution in [0.4, 0.5) is 34.1 Å². The summed E-state index contributed by atoms with van der Waals surface area (Å²) in [4.78, 5) is 14.3. The Kier molecular flexibility index (Phi) is 17.0. The van der Waals surface area contributed by atoms with E-state index in [4.69, 9.17) is 0 Å². The first kappa shape index (κ1) is 51.8. The van der Waals surface area contributed by atoms with Gasteiger partial charge in [-0.3, -0.25) is 0 Å². The third kappa shape index (κ3) is 7.56. The third-order valence-electron chi connectivity index (χ3n) is 12.4. The van der Waals surface area contributed by atoms with Crippen molar-refractivity contribution >= 4 is 57.8 Å². The third-order valence-corrected chi connectivity index (χ3v) is 21.4. The number of rotatable bonds is 10. The predicted octanol–water partition coefficient (Wildman–Crippen LogP) is -1.65. The van der Waals surface area contributed by atoms with E-state index in [0.717, 1.165) is 0 Å². The van der Waals surface area contributed by atoms with E-state index in [0.29, 0.717) is 0 Å². The van der Waals surface area contributed by atoms with Crippen molar-refractivity contribution in [3.8, 4) is 0 Å². The van der Waals surface area contributed by atoms with Gasteiger partial charge >= 0.3 is 339 Å². The molecular formula is C45H69Cl3N6SiTi. The average Bonchev–Trinajstić information content (AvgIpc) is 3.17. The van der Waals surface area contributed by atoms with Crippen LogP contribution in [-0.2, 0) is 20.4 Å². The fourth-order valence-corrected chi connectivity index (χ4v) is 20.1. The fraction of sp³-hybridized carbons (Fsp3) is 0.511. The number of anilines is 6. The minimum atomic E-state index is -3.40. The van der Waals surface area contributed by atoms with Gasteiger partial charge in [-0.1, -0.05) is 0 Å². The molecule has 0 aromatic heterocycles. The molecule has 1 aliphatic carbocycles. The monoisotopic (exact) mass is 874 g/mol. The molecule has 0 saturated carbocycles. The Morgan fingerprint density at radius 1 is 0.393 bits per heavy atom. The minimum absolute atomic E-state index is 0. The Hall–Kier alpha value is -2.26. The average molecular weight is 876 g/mol. The van der Waals surface area contributed by atoms with Crippen molar-refractivity contribution in [1.82, 2.24) is 0 Å². The maximum atomic E-state index is 2.64. The van der Waals surface area contributed by atoms with Crippen LogP contribution in [0, 0.1) is 41.5 Å². The Balaban J connectivity index is 0.00000523. The zero-order valence-corrected chi connectivity index (χ0v) is 43.4. The molecule has 0 unspecified atom stereocenters. The smallest absolute Gasteiger partial charge is 1.00 e. The summed E-state index contributed by atoms with van der Waals surface area (Å²) < 4.78 is -0.335. The molecule has 3 aromatic rings. The van der Waals surface area contributed by atoms with Crippen LogP contribution in [-0.4, -0.2) is 92.6 Å². The first-order chi connectivity index (χ1) is 24.3. The maximum absolute atomic E-state index is 3.40. The number of hydrogen-bond donors (Lipinski definition) is 0. The molecule has 56 heavy (non-hydrogen) atoms. The second kappa shape index (κ2) is 18.3. The zero-order chi connectivity index (χ0) is 40.6. The van der Waals surface area contributed by atoms with Crippen molar-refractivity contribution in [2.24, 2.45) is 0 Å². The van der Waals surface area contributed by atoms with Gasteiger partial charge in [0.25, 0.3) is 0 Å². The van der Waals surface area contributed by atoms with Gasteiger partial charge in [-0.05, 0) is 0 Å². The van der Waals surface area contributed by atoms with Crippen LogP contribution in [0.1, 0.15) is 61.1 Å². The second-order valence-corrected chi connectivity index (χ2v) is 22.8. The van der Waals surface area contributed by atoms with E-state index in [1.165, 1.54) is 105 Å². The van der Waals surface area contributed by atoms with Crippen LogP contribution in [0.5, 0.6) is 0 Å². The van der Waals surface area contributed by atoms with Gasteiger partial charge in [0.15, 0.2) is 0 Å². The molecule has 0 spiro atoms. The van der Waals surface area contributed by atoms with Crippen molar-refractivity contribution in [3.05, 3.63) is 73.9 Å². The van der Waals surface area contributed by atoms with Gasteiger partial charge in [-0.15, -0.1) is 0 Å². The summed E-state index contributed by atoms with van der Waals surface area (Å²) in [5.74, 6) is 0. The molecule has 0 fully saturated rings. The molecular weight excluding hydrogens is 807 g/mol. The molecule has 0 radical (unpaired) electrons. The van der Waals surface area contributed by atoms with Gasteiger partial charge < -0.3 is 37.2 Å². The fourth-order valence-electron chi connectivity index (χ4n) is 10.3. The topological polar surface area (TPSA) is 19.4 Å². The van der Waals surface area contributed by atoms with Crippen LogP contribution >= 0.6 is 0 Å². The number of allylic oxidation sites excluding steroid dienone is 4. The molecule has 0 aliphatic heterocycles. The standard InChI is InChI=1S/C45H69N6Si.3ClH.Ti/c1-26-23-36(46(11)12)43(33(8)39(26)49(17)18)52(42-31(6)29(4)30(5)32(42)7,44-34(9)40(50(19)20)27(2)24-37(44)47(13)14)45-35(10)41(51(21)22)28(3)25-38(45)48(15)16;;;;/h23-25H,1-22H3;3*1H;/q;;;;+3/p-3. The summed E-state index contributed by atoms with van der Waals surface area (Å²) in [5.41, 5.74) is 21.8. The van der Waals surface area contributed by atoms with E-state index in [1.807, 2.05) is 0 Å². The van der Waals surface area contributed by atoms with E-state index in [9.17, 15) is 0 Å². The number of aryl methyl sites for hydroxylation is 3. The largest absolute Gasteiger partial charge is 1.00 e. The molecule has 6 nitrogen and oxygen atoms in total. The van der Waals surface area contributed by atoms with E-state index < -0.39 is 8.07 Å². The second-order valence-electron chi connectivity index (χ2n) is 17.1. The Morgan fingerprint density at radius 3 is 0.786 bits per heavy atom. The minimum Gasteiger partial charge on any atom is -1.00 e. The van der Waals surface area contributed by atoms with Gasteiger partial charge in [-0.25, -0.2) is 0 Å². The summed E-state index contributed by atoms with van der Waals surface area (Å²) in [6.45, 7) is 23.8. The Bertz CT molecular complexity index is 1820. The first-order valence-corrected chi connectivity index (χ1v) is 21.7.